The van der Waals surface area contributed by atoms with Crippen LogP contribution in [0.5, 0.6) is 0 Å². The molecule has 2 N–H and O–H groups in total. The zero-order valence-corrected chi connectivity index (χ0v) is 15.1. The zero-order chi connectivity index (χ0) is 18.2. The van der Waals surface area contributed by atoms with E-state index < -0.39 is 0 Å². The Hall–Kier alpha value is -2.51. The minimum atomic E-state index is -0.214. The van der Waals surface area contributed by atoms with Gasteiger partial charge in [-0.15, -0.1) is 0 Å². The zero-order valence-electron chi connectivity index (χ0n) is 15.1. The molecule has 0 atom stereocenters. The normalized spacial score (nSPS) is 14.8. The SMILES string of the molecule is CCc1ccc(NC(=O)c2cnc(NCCN3CCOCC3)nc2)cc1. The summed E-state index contributed by atoms with van der Waals surface area (Å²) < 4.78 is 5.33. The fourth-order valence-corrected chi connectivity index (χ4v) is 2.71. The van der Waals surface area contributed by atoms with E-state index in [9.17, 15) is 4.79 Å². The van der Waals surface area contributed by atoms with Crippen molar-refractivity contribution in [2.75, 3.05) is 50.0 Å². The first-order valence-corrected chi connectivity index (χ1v) is 9.01. The van der Waals surface area contributed by atoms with E-state index in [1.54, 1.807) is 12.4 Å². The number of carbonyl (C=O) groups is 1. The number of ether oxygens (including phenoxy) is 1. The Morgan fingerprint density at radius 3 is 2.50 bits per heavy atom. The molecular formula is C19H25N5O2. The molecule has 0 aliphatic carbocycles. The molecule has 0 radical (unpaired) electrons. The highest BCUT2D eigenvalue weighted by Gasteiger charge is 2.10. The van der Waals surface area contributed by atoms with Crippen molar-refractivity contribution in [3.63, 3.8) is 0 Å². The van der Waals surface area contributed by atoms with Crippen LogP contribution in [0.4, 0.5) is 11.6 Å². The monoisotopic (exact) mass is 355 g/mol. The molecule has 138 valence electrons. The number of nitrogens with zero attached hydrogens (tertiary/aromatic N) is 3. The molecule has 7 heteroatoms. The molecule has 1 saturated heterocycles. The van der Waals surface area contributed by atoms with E-state index >= 15 is 0 Å². The summed E-state index contributed by atoms with van der Waals surface area (Å²) in [5.41, 5.74) is 2.43. The van der Waals surface area contributed by atoms with Gasteiger partial charge in [-0.05, 0) is 24.1 Å². The van der Waals surface area contributed by atoms with E-state index in [0.29, 0.717) is 11.5 Å². The van der Waals surface area contributed by atoms with Crippen molar-refractivity contribution in [1.29, 1.82) is 0 Å². The van der Waals surface area contributed by atoms with E-state index in [1.807, 2.05) is 24.3 Å². The summed E-state index contributed by atoms with van der Waals surface area (Å²) in [7, 11) is 0. The van der Waals surface area contributed by atoms with Crippen LogP contribution in [0, 0.1) is 0 Å². The third-order valence-corrected chi connectivity index (χ3v) is 4.35. The second-order valence-electron chi connectivity index (χ2n) is 6.18. The molecule has 0 unspecified atom stereocenters. The molecule has 2 heterocycles. The summed E-state index contributed by atoms with van der Waals surface area (Å²) in [6.45, 7) is 7.28. The Balaban J connectivity index is 1.47. The molecule has 0 saturated carbocycles. The van der Waals surface area contributed by atoms with Gasteiger partial charge in [-0.3, -0.25) is 9.69 Å². The second kappa shape index (κ2) is 9.26. The average Bonchev–Trinajstić information content (AvgIpc) is 2.70. The number of rotatable bonds is 7. The number of amides is 1. The maximum Gasteiger partial charge on any atom is 0.258 e. The molecule has 1 amide bonds. The predicted octanol–water partition coefficient (Wildman–Crippen LogP) is 2.04. The molecule has 7 nitrogen and oxygen atoms in total. The maximum absolute atomic E-state index is 12.3. The summed E-state index contributed by atoms with van der Waals surface area (Å²) >= 11 is 0. The minimum absolute atomic E-state index is 0.214. The van der Waals surface area contributed by atoms with E-state index in [2.05, 4.69) is 32.4 Å². The van der Waals surface area contributed by atoms with Crippen molar-refractivity contribution in [2.45, 2.75) is 13.3 Å². The highest BCUT2D eigenvalue weighted by Crippen LogP contribution is 2.11. The lowest BCUT2D eigenvalue weighted by Gasteiger charge is -2.26. The lowest BCUT2D eigenvalue weighted by atomic mass is 10.1. The number of benzene rings is 1. The van der Waals surface area contributed by atoms with Gasteiger partial charge in [0.1, 0.15) is 0 Å². The Bertz CT molecular complexity index is 697. The van der Waals surface area contributed by atoms with Crippen LogP contribution in [0.15, 0.2) is 36.7 Å². The summed E-state index contributed by atoms with van der Waals surface area (Å²) in [6.07, 6.45) is 4.06. The van der Waals surface area contributed by atoms with Gasteiger partial charge in [-0.2, -0.15) is 0 Å². The van der Waals surface area contributed by atoms with Crippen LogP contribution >= 0.6 is 0 Å². The van der Waals surface area contributed by atoms with Crippen LogP contribution in [0.3, 0.4) is 0 Å². The lowest BCUT2D eigenvalue weighted by Crippen LogP contribution is -2.39. The summed E-state index contributed by atoms with van der Waals surface area (Å²) in [6, 6.07) is 7.82. The molecule has 0 spiro atoms. The second-order valence-corrected chi connectivity index (χ2v) is 6.18. The molecule has 2 aromatic rings. The molecule has 3 rings (SSSR count). The van der Waals surface area contributed by atoms with Gasteiger partial charge in [0.2, 0.25) is 5.95 Å². The van der Waals surface area contributed by atoms with Gasteiger partial charge < -0.3 is 15.4 Å². The van der Waals surface area contributed by atoms with Gasteiger partial charge in [-0.1, -0.05) is 19.1 Å². The van der Waals surface area contributed by atoms with Crippen molar-refractivity contribution in [1.82, 2.24) is 14.9 Å². The average molecular weight is 355 g/mol. The third-order valence-electron chi connectivity index (χ3n) is 4.35. The van der Waals surface area contributed by atoms with Crippen LogP contribution in [-0.2, 0) is 11.2 Å². The first kappa shape index (κ1) is 18.3. The quantitative estimate of drug-likeness (QED) is 0.791. The molecule has 1 aromatic heterocycles. The fraction of sp³-hybridized carbons (Fsp3) is 0.421. The maximum atomic E-state index is 12.3. The fourth-order valence-electron chi connectivity index (χ4n) is 2.71. The van der Waals surface area contributed by atoms with Crippen molar-refractivity contribution < 1.29 is 9.53 Å². The van der Waals surface area contributed by atoms with Gasteiger partial charge in [0.15, 0.2) is 0 Å². The smallest absolute Gasteiger partial charge is 0.258 e. The lowest BCUT2D eigenvalue weighted by molar-refractivity contribution is 0.0398. The number of aryl methyl sites for hydroxylation is 1. The largest absolute Gasteiger partial charge is 0.379 e. The van der Waals surface area contributed by atoms with Gasteiger partial charge in [-0.25, -0.2) is 9.97 Å². The van der Waals surface area contributed by atoms with Crippen LogP contribution < -0.4 is 10.6 Å². The van der Waals surface area contributed by atoms with E-state index in [-0.39, 0.29) is 5.91 Å². The summed E-state index contributed by atoms with van der Waals surface area (Å²) in [5.74, 6) is 0.316. The highest BCUT2D eigenvalue weighted by atomic mass is 16.5. The van der Waals surface area contributed by atoms with Crippen molar-refractivity contribution in [2.24, 2.45) is 0 Å². The molecule has 1 fully saturated rings. The van der Waals surface area contributed by atoms with Crippen LogP contribution in [-0.4, -0.2) is 60.2 Å². The topological polar surface area (TPSA) is 79.4 Å². The number of hydrogen-bond donors (Lipinski definition) is 2. The number of anilines is 2. The van der Waals surface area contributed by atoms with E-state index in [4.69, 9.17) is 4.74 Å². The summed E-state index contributed by atoms with van der Waals surface area (Å²) in [4.78, 5) is 23.1. The van der Waals surface area contributed by atoms with Gasteiger partial charge in [0, 0.05) is 44.3 Å². The predicted molar refractivity (Wildman–Crippen MR) is 102 cm³/mol. The number of nitrogens with one attached hydrogen (secondary N) is 2. The number of hydrogen-bond acceptors (Lipinski definition) is 6. The highest BCUT2D eigenvalue weighted by molar-refractivity contribution is 6.03. The molecule has 1 aliphatic heterocycles. The number of aromatic nitrogens is 2. The standard InChI is InChI=1S/C19H25N5O2/c1-2-15-3-5-17(6-4-15)23-18(25)16-13-21-19(22-14-16)20-7-8-24-9-11-26-12-10-24/h3-6,13-14H,2,7-12H2,1H3,(H,23,25)(H,20,21,22). The first-order chi connectivity index (χ1) is 12.7. The van der Waals surface area contributed by atoms with E-state index in [0.717, 1.165) is 51.5 Å². The Morgan fingerprint density at radius 2 is 1.85 bits per heavy atom. The van der Waals surface area contributed by atoms with Crippen LogP contribution in [0.1, 0.15) is 22.8 Å². The first-order valence-electron chi connectivity index (χ1n) is 9.01. The molecule has 0 bridgehead atoms. The molecule has 26 heavy (non-hydrogen) atoms. The van der Waals surface area contributed by atoms with E-state index in [1.165, 1.54) is 5.56 Å². The van der Waals surface area contributed by atoms with Crippen molar-refractivity contribution in [3.05, 3.63) is 47.8 Å². The van der Waals surface area contributed by atoms with Gasteiger partial charge in [0.25, 0.3) is 5.91 Å². The van der Waals surface area contributed by atoms with Crippen LogP contribution in [0.25, 0.3) is 0 Å². The Labute approximate surface area is 153 Å². The third kappa shape index (κ3) is 5.24. The Kier molecular flexibility index (Phi) is 6.51. The van der Waals surface area contributed by atoms with Gasteiger partial charge in [0.05, 0.1) is 18.8 Å². The van der Waals surface area contributed by atoms with Crippen LogP contribution in [0.2, 0.25) is 0 Å². The number of carbonyl (C=O) groups excluding carboxylic acids is 1. The van der Waals surface area contributed by atoms with Gasteiger partial charge >= 0.3 is 0 Å². The Morgan fingerprint density at radius 1 is 1.15 bits per heavy atom. The molecule has 1 aromatic carbocycles. The van der Waals surface area contributed by atoms with Crippen molar-refractivity contribution >= 4 is 17.5 Å². The van der Waals surface area contributed by atoms with Crippen molar-refractivity contribution in [3.8, 4) is 0 Å². The minimum Gasteiger partial charge on any atom is -0.379 e. The summed E-state index contributed by atoms with van der Waals surface area (Å²) in [5, 5.41) is 6.04. The number of morpholine rings is 1. The molecule has 1 aliphatic rings. The molecular weight excluding hydrogens is 330 g/mol.